The summed E-state index contributed by atoms with van der Waals surface area (Å²) in [5.41, 5.74) is 2.03. The Morgan fingerprint density at radius 3 is 2.68 bits per heavy atom. The van der Waals surface area contributed by atoms with Crippen LogP contribution in [0.5, 0.6) is 0 Å². The Labute approximate surface area is 164 Å². The molecule has 2 aliphatic heterocycles. The van der Waals surface area contributed by atoms with Gasteiger partial charge in [-0.3, -0.25) is 14.5 Å². The van der Waals surface area contributed by atoms with Gasteiger partial charge < -0.3 is 14.9 Å². The van der Waals surface area contributed by atoms with E-state index in [9.17, 15) is 19.5 Å². The van der Waals surface area contributed by atoms with Gasteiger partial charge in [0.05, 0.1) is 0 Å². The zero-order valence-corrected chi connectivity index (χ0v) is 15.9. The van der Waals surface area contributed by atoms with Gasteiger partial charge in [0.2, 0.25) is 0 Å². The number of benzene rings is 1. The minimum Gasteiger partial charge on any atom is -0.477 e. The molecule has 2 aliphatic rings. The van der Waals surface area contributed by atoms with Crippen LogP contribution in [0.25, 0.3) is 11.3 Å². The summed E-state index contributed by atoms with van der Waals surface area (Å²) >= 11 is 1.43. The highest BCUT2D eigenvalue weighted by molar-refractivity contribution is 8.00. The summed E-state index contributed by atoms with van der Waals surface area (Å²) in [5, 5.41) is 15.7. The van der Waals surface area contributed by atoms with E-state index < -0.39 is 29.2 Å². The third-order valence-corrected chi connectivity index (χ3v) is 6.21. The fourth-order valence-electron chi connectivity index (χ4n) is 3.42. The molecule has 0 radical (unpaired) electrons. The maximum absolute atomic E-state index is 12.9. The van der Waals surface area contributed by atoms with Crippen molar-refractivity contribution in [3.63, 3.8) is 0 Å². The van der Waals surface area contributed by atoms with Gasteiger partial charge in [-0.2, -0.15) is 0 Å². The molecule has 0 bridgehead atoms. The van der Waals surface area contributed by atoms with Gasteiger partial charge in [-0.05, 0) is 19.4 Å². The van der Waals surface area contributed by atoms with E-state index in [2.05, 4.69) is 10.5 Å². The number of carbonyl (C=O) groups excluding carboxylic acids is 2. The van der Waals surface area contributed by atoms with E-state index in [1.807, 2.05) is 30.3 Å². The number of nitrogens with zero attached hydrogens (tertiary/aromatic N) is 2. The first-order valence-corrected chi connectivity index (χ1v) is 9.65. The van der Waals surface area contributed by atoms with Crippen molar-refractivity contribution in [2.75, 3.05) is 5.75 Å². The largest absolute Gasteiger partial charge is 0.477 e. The lowest BCUT2D eigenvalue weighted by molar-refractivity contribution is -0.148. The highest BCUT2D eigenvalue weighted by atomic mass is 32.2. The first-order valence-electron chi connectivity index (χ1n) is 8.60. The van der Waals surface area contributed by atoms with Gasteiger partial charge in [0, 0.05) is 11.3 Å². The molecule has 2 N–H and O–H groups in total. The van der Waals surface area contributed by atoms with E-state index in [0.717, 1.165) is 5.56 Å². The van der Waals surface area contributed by atoms with Crippen LogP contribution in [0, 0.1) is 6.92 Å². The van der Waals surface area contributed by atoms with Gasteiger partial charge in [0.25, 0.3) is 11.8 Å². The maximum atomic E-state index is 12.9. The van der Waals surface area contributed by atoms with Gasteiger partial charge in [0.15, 0.2) is 0 Å². The summed E-state index contributed by atoms with van der Waals surface area (Å²) in [6.45, 7) is 3.33. The summed E-state index contributed by atoms with van der Waals surface area (Å²) in [7, 11) is 0. The van der Waals surface area contributed by atoms with Crippen molar-refractivity contribution < 1.29 is 24.0 Å². The highest BCUT2D eigenvalue weighted by Crippen LogP contribution is 2.40. The Morgan fingerprint density at radius 1 is 1.29 bits per heavy atom. The van der Waals surface area contributed by atoms with E-state index in [1.54, 1.807) is 13.8 Å². The van der Waals surface area contributed by atoms with Crippen molar-refractivity contribution >= 4 is 29.5 Å². The van der Waals surface area contributed by atoms with E-state index in [4.69, 9.17) is 4.52 Å². The second-order valence-electron chi connectivity index (χ2n) is 6.62. The molecule has 1 unspecified atom stereocenters. The lowest BCUT2D eigenvalue weighted by atomic mass is 10.0. The first-order chi connectivity index (χ1) is 13.4. The zero-order chi connectivity index (χ0) is 20.0. The smallest absolute Gasteiger partial charge is 0.352 e. The standard InChI is InChI=1S/C19H17N3O5S/c1-9-8-28-18-14(17(24)22(18)15(9)19(25)26)20-16(23)12-10(2)27-21-13(12)11-6-4-3-5-7-11/h3-7,14,18H,8H2,1-2H3,(H,20,23)(H,25,26)/t14?,18-/m1/s1. The molecule has 144 valence electrons. The number of nitrogens with one attached hydrogen (secondary N) is 1. The summed E-state index contributed by atoms with van der Waals surface area (Å²) in [6, 6.07) is 8.35. The quantitative estimate of drug-likeness (QED) is 0.756. The fourth-order valence-corrected chi connectivity index (χ4v) is 4.71. The van der Waals surface area contributed by atoms with Gasteiger partial charge >= 0.3 is 5.97 Å². The Bertz CT molecular complexity index is 1010. The van der Waals surface area contributed by atoms with Crippen molar-refractivity contribution in [1.29, 1.82) is 0 Å². The normalized spacial score (nSPS) is 21.2. The van der Waals surface area contributed by atoms with E-state index in [1.165, 1.54) is 16.7 Å². The van der Waals surface area contributed by atoms with Crippen molar-refractivity contribution in [2.45, 2.75) is 25.3 Å². The van der Waals surface area contributed by atoms with E-state index in [0.29, 0.717) is 22.8 Å². The lowest BCUT2D eigenvalue weighted by Gasteiger charge is -2.49. The number of rotatable bonds is 4. The molecule has 1 fully saturated rings. The van der Waals surface area contributed by atoms with Gasteiger partial charge in [0.1, 0.15) is 34.1 Å². The topological polar surface area (TPSA) is 113 Å². The molecule has 8 nitrogen and oxygen atoms in total. The molecule has 28 heavy (non-hydrogen) atoms. The van der Waals surface area contributed by atoms with Crippen LogP contribution < -0.4 is 5.32 Å². The molecule has 2 amide bonds. The molecule has 0 aliphatic carbocycles. The molecular formula is C19H17N3O5S. The van der Waals surface area contributed by atoms with Crippen LogP contribution in [-0.2, 0) is 9.59 Å². The van der Waals surface area contributed by atoms with Crippen LogP contribution in [0.3, 0.4) is 0 Å². The predicted molar refractivity (Wildman–Crippen MR) is 101 cm³/mol. The minimum absolute atomic E-state index is 0.00498. The number of β-lactam (4-membered cyclic amide) rings is 1. The van der Waals surface area contributed by atoms with Crippen LogP contribution in [0.1, 0.15) is 23.0 Å². The number of carboxylic acid groups (broad SMARTS) is 1. The number of fused-ring (bicyclic) bond motifs is 1. The Hall–Kier alpha value is -3.07. The SMILES string of the molecule is CC1=C(C(=O)O)N2C(=O)C(NC(=O)c3c(-c4ccccc4)noc3C)[C@H]2SC1. The van der Waals surface area contributed by atoms with Crippen LogP contribution in [-0.4, -0.2) is 50.1 Å². The number of aryl methyl sites for hydroxylation is 1. The summed E-state index contributed by atoms with van der Waals surface area (Å²) in [5.74, 6) is -1.21. The zero-order valence-electron chi connectivity index (χ0n) is 15.1. The van der Waals surface area contributed by atoms with Crippen LogP contribution in [0.15, 0.2) is 46.1 Å². The molecule has 1 aromatic carbocycles. The molecule has 2 aromatic rings. The van der Waals surface area contributed by atoms with Gasteiger partial charge in [-0.15, -0.1) is 11.8 Å². The Morgan fingerprint density at radius 2 is 2.00 bits per heavy atom. The number of hydrogen-bond donors (Lipinski definition) is 2. The predicted octanol–water partition coefficient (Wildman–Crippen LogP) is 2.02. The molecule has 1 saturated heterocycles. The molecule has 0 saturated carbocycles. The molecule has 1 aromatic heterocycles. The summed E-state index contributed by atoms with van der Waals surface area (Å²) in [6.07, 6.45) is 0. The monoisotopic (exact) mass is 399 g/mol. The average Bonchev–Trinajstić information content (AvgIpc) is 3.07. The van der Waals surface area contributed by atoms with Gasteiger partial charge in [-0.25, -0.2) is 4.79 Å². The maximum Gasteiger partial charge on any atom is 0.352 e. The van der Waals surface area contributed by atoms with Gasteiger partial charge in [-0.1, -0.05) is 35.5 Å². The number of thioether (sulfide) groups is 1. The van der Waals surface area contributed by atoms with E-state index in [-0.39, 0.29) is 11.3 Å². The van der Waals surface area contributed by atoms with Crippen molar-refractivity contribution in [1.82, 2.24) is 15.4 Å². The number of carbonyl (C=O) groups is 3. The third kappa shape index (κ3) is 2.78. The summed E-state index contributed by atoms with van der Waals surface area (Å²) in [4.78, 5) is 38.2. The second-order valence-corrected chi connectivity index (χ2v) is 7.73. The van der Waals surface area contributed by atoms with Crippen molar-refractivity contribution in [3.05, 3.63) is 52.9 Å². The molecule has 3 heterocycles. The molecule has 9 heteroatoms. The first kappa shape index (κ1) is 18.3. The molecular weight excluding hydrogens is 382 g/mol. The number of carboxylic acids is 1. The minimum atomic E-state index is -1.14. The number of amides is 2. The van der Waals surface area contributed by atoms with Crippen molar-refractivity contribution in [3.8, 4) is 11.3 Å². The van der Waals surface area contributed by atoms with Crippen molar-refractivity contribution in [2.24, 2.45) is 0 Å². The number of aliphatic carboxylic acids is 1. The van der Waals surface area contributed by atoms with E-state index >= 15 is 0 Å². The molecule has 2 atom stereocenters. The summed E-state index contributed by atoms with van der Waals surface area (Å²) < 4.78 is 5.20. The molecule has 0 spiro atoms. The van der Waals surface area contributed by atoms with Crippen LogP contribution in [0.2, 0.25) is 0 Å². The fraction of sp³-hybridized carbons (Fsp3) is 0.263. The second kappa shape index (κ2) is 6.83. The Balaban J connectivity index is 1.58. The van der Waals surface area contributed by atoms with Crippen LogP contribution >= 0.6 is 11.8 Å². The third-order valence-electron chi connectivity index (χ3n) is 4.79. The molecule has 4 rings (SSSR count). The number of hydrogen-bond acceptors (Lipinski definition) is 6. The highest BCUT2D eigenvalue weighted by Gasteiger charge is 2.54. The Kier molecular flexibility index (Phi) is 4.46. The lowest BCUT2D eigenvalue weighted by Crippen LogP contribution is -2.70. The average molecular weight is 399 g/mol. The number of aromatic nitrogens is 1. The van der Waals surface area contributed by atoms with Crippen LogP contribution in [0.4, 0.5) is 0 Å².